The van der Waals surface area contributed by atoms with Gasteiger partial charge in [-0.05, 0) is 47.9 Å². The lowest BCUT2D eigenvalue weighted by molar-refractivity contribution is 0.249. The molecule has 3 aromatic carbocycles. The van der Waals surface area contributed by atoms with Crippen molar-refractivity contribution in [3.8, 4) is 11.1 Å². The number of anilines is 1. The van der Waals surface area contributed by atoms with Gasteiger partial charge >= 0.3 is 6.03 Å². The van der Waals surface area contributed by atoms with Gasteiger partial charge in [-0.2, -0.15) is 0 Å². The molecule has 0 saturated carbocycles. The maximum Gasteiger partial charge on any atom is 0.319 e. The lowest BCUT2D eigenvalue weighted by atomic mass is 10.1. The molecule has 3 rings (SSSR count). The molecular weight excluding hydrogens is 376 g/mol. The Morgan fingerprint density at radius 1 is 0.840 bits per heavy atom. The van der Waals surface area contributed by atoms with Gasteiger partial charge in [-0.3, -0.25) is 0 Å². The number of hydrogen-bond donors (Lipinski definition) is 2. The zero-order valence-corrected chi connectivity index (χ0v) is 15.5. The quantitative estimate of drug-likeness (QED) is 0.559. The van der Waals surface area contributed by atoms with Crippen molar-refractivity contribution in [2.24, 2.45) is 0 Å². The minimum atomic E-state index is -0.220. The second kappa shape index (κ2) is 7.99. The summed E-state index contributed by atoms with van der Waals surface area (Å²) in [5.41, 5.74) is 4.09. The number of carbonyl (C=O) groups excluding carboxylic acids is 1. The van der Waals surface area contributed by atoms with Crippen molar-refractivity contribution in [3.05, 3.63) is 88.9 Å². The molecule has 0 heterocycles. The van der Waals surface area contributed by atoms with Gasteiger partial charge in [0.25, 0.3) is 0 Å². The number of hydrogen-bond acceptors (Lipinski definition) is 1. The predicted octanol–water partition coefficient (Wildman–Crippen LogP) is 6.00. The maximum atomic E-state index is 12.2. The summed E-state index contributed by atoms with van der Waals surface area (Å²) in [6.07, 6.45) is 0. The van der Waals surface area contributed by atoms with Gasteiger partial charge in [0, 0.05) is 10.2 Å². The topological polar surface area (TPSA) is 41.1 Å². The molecule has 0 spiro atoms. The number of nitrogens with one attached hydrogen (secondary N) is 2. The molecule has 0 bridgehead atoms. The highest BCUT2D eigenvalue weighted by molar-refractivity contribution is 9.10. The minimum absolute atomic E-state index is 0.0725. The Labute approximate surface area is 156 Å². The molecule has 3 nitrogen and oxygen atoms in total. The number of benzene rings is 3. The van der Waals surface area contributed by atoms with E-state index in [1.807, 2.05) is 73.7 Å². The zero-order chi connectivity index (χ0) is 17.6. The van der Waals surface area contributed by atoms with E-state index in [-0.39, 0.29) is 12.1 Å². The Balaban J connectivity index is 1.60. The standard InChI is InChI=1S/C21H19BrN2O/c1-15(16-7-11-19(22)12-8-16)23-21(25)24-20-13-9-18(10-14-20)17-5-3-2-4-6-17/h2-15H,1H3,(H2,23,24,25). The molecular formula is C21H19BrN2O. The molecule has 4 heteroatoms. The molecule has 25 heavy (non-hydrogen) atoms. The molecule has 0 radical (unpaired) electrons. The van der Waals surface area contributed by atoms with E-state index in [1.165, 1.54) is 0 Å². The third-order valence-corrected chi connectivity index (χ3v) is 4.50. The van der Waals surface area contributed by atoms with Crippen molar-refractivity contribution in [2.45, 2.75) is 13.0 Å². The molecule has 126 valence electrons. The van der Waals surface area contributed by atoms with Crippen molar-refractivity contribution >= 4 is 27.6 Å². The normalized spacial score (nSPS) is 11.6. The van der Waals surface area contributed by atoms with E-state index in [2.05, 4.69) is 38.7 Å². The van der Waals surface area contributed by atoms with Gasteiger partial charge in [0.05, 0.1) is 6.04 Å². The summed E-state index contributed by atoms with van der Waals surface area (Å²) in [6, 6.07) is 25.6. The van der Waals surface area contributed by atoms with Gasteiger partial charge in [0.2, 0.25) is 0 Å². The summed E-state index contributed by atoms with van der Waals surface area (Å²) in [4.78, 5) is 12.2. The maximum absolute atomic E-state index is 12.2. The fourth-order valence-corrected chi connectivity index (χ4v) is 2.84. The monoisotopic (exact) mass is 394 g/mol. The molecule has 0 fully saturated rings. The average Bonchev–Trinajstić information content (AvgIpc) is 2.63. The Morgan fingerprint density at radius 3 is 2.08 bits per heavy atom. The molecule has 0 aromatic heterocycles. The largest absolute Gasteiger partial charge is 0.331 e. The fraction of sp³-hybridized carbons (Fsp3) is 0.0952. The predicted molar refractivity (Wildman–Crippen MR) is 107 cm³/mol. The highest BCUT2D eigenvalue weighted by Gasteiger charge is 2.09. The third-order valence-electron chi connectivity index (χ3n) is 3.97. The van der Waals surface area contributed by atoms with Crippen molar-refractivity contribution in [1.29, 1.82) is 0 Å². The van der Waals surface area contributed by atoms with Crippen LogP contribution in [0, 0.1) is 0 Å². The summed E-state index contributed by atoms with van der Waals surface area (Å²) >= 11 is 3.41. The number of amides is 2. The first-order valence-electron chi connectivity index (χ1n) is 8.10. The Hall–Kier alpha value is -2.59. The molecule has 2 N–H and O–H groups in total. The first-order chi connectivity index (χ1) is 12.1. The van der Waals surface area contributed by atoms with Crippen LogP contribution >= 0.6 is 15.9 Å². The van der Waals surface area contributed by atoms with Crippen LogP contribution in [0.2, 0.25) is 0 Å². The third kappa shape index (κ3) is 4.70. The molecule has 1 unspecified atom stereocenters. The van der Waals surface area contributed by atoms with Gasteiger partial charge < -0.3 is 10.6 Å². The van der Waals surface area contributed by atoms with Crippen molar-refractivity contribution in [3.63, 3.8) is 0 Å². The van der Waals surface area contributed by atoms with Crippen LogP contribution in [0.1, 0.15) is 18.5 Å². The lowest BCUT2D eigenvalue weighted by Gasteiger charge is -2.15. The van der Waals surface area contributed by atoms with Crippen LogP contribution in [-0.4, -0.2) is 6.03 Å². The van der Waals surface area contributed by atoms with Crippen LogP contribution in [0.3, 0.4) is 0 Å². The SMILES string of the molecule is CC(NC(=O)Nc1ccc(-c2ccccc2)cc1)c1ccc(Br)cc1. The number of carbonyl (C=O) groups is 1. The highest BCUT2D eigenvalue weighted by atomic mass is 79.9. The van der Waals surface area contributed by atoms with Crippen molar-refractivity contribution in [1.82, 2.24) is 5.32 Å². The Kier molecular flexibility index (Phi) is 5.51. The van der Waals surface area contributed by atoms with Crippen LogP contribution < -0.4 is 10.6 Å². The summed E-state index contributed by atoms with van der Waals surface area (Å²) < 4.78 is 1.02. The second-order valence-electron chi connectivity index (χ2n) is 5.82. The van der Waals surface area contributed by atoms with Crippen LogP contribution in [0.15, 0.2) is 83.3 Å². The second-order valence-corrected chi connectivity index (χ2v) is 6.73. The molecule has 0 saturated heterocycles. The van der Waals surface area contributed by atoms with Gasteiger partial charge in [0.15, 0.2) is 0 Å². The number of halogens is 1. The summed E-state index contributed by atoms with van der Waals surface area (Å²) in [5, 5.41) is 5.82. The zero-order valence-electron chi connectivity index (χ0n) is 13.9. The fourth-order valence-electron chi connectivity index (χ4n) is 2.58. The highest BCUT2D eigenvalue weighted by Crippen LogP contribution is 2.21. The number of urea groups is 1. The molecule has 0 aliphatic carbocycles. The van der Waals surface area contributed by atoms with E-state index >= 15 is 0 Å². The van der Waals surface area contributed by atoms with Crippen LogP contribution in [0.5, 0.6) is 0 Å². The Morgan fingerprint density at radius 2 is 1.44 bits per heavy atom. The van der Waals surface area contributed by atoms with Crippen molar-refractivity contribution in [2.75, 3.05) is 5.32 Å². The molecule has 0 aliphatic heterocycles. The van der Waals surface area contributed by atoms with Crippen LogP contribution in [0.25, 0.3) is 11.1 Å². The molecule has 0 aliphatic rings. The van der Waals surface area contributed by atoms with Gasteiger partial charge in [0.1, 0.15) is 0 Å². The van der Waals surface area contributed by atoms with Gasteiger partial charge in [-0.1, -0.05) is 70.5 Å². The van der Waals surface area contributed by atoms with E-state index in [1.54, 1.807) is 0 Å². The van der Waals surface area contributed by atoms with E-state index in [0.29, 0.717) is 0 Å². The number of rotatable bonds is 4. The smallest absolute Gasteiger partial charge is 0.319 e. The van der Waals surface area contributed by atoms with Crippen LogP contribution in [-0.2, 0) is 0 Å². The summed E-state index contributed by atoms with van der Waals surface area (Å²) in [7, 11) is 0. The van der Waals surface area contributed by atoms with E-state index in [9.17, 15) is 4.79 Å². The molecule has 2 amide bonds. The minimum Gasteiger partial charge on any atom is -0.331 e. The van der Waals surface area contributed by atoms with E-state index in [0.717, 1.165) is 26.9 Å². The van der Waals surface area contributed by atoms with Gasteiger partial charge in [-0.25, -0.2) is 4.79 Å². The summed E-state index contributed by atoms with van der Waals surface area (Å²) in [6.45, 7) is 1.96. The summed E-state index contributed by atoms with van der Waals surface area (Å²) in [5.74, 6) is 0. The Bertz CT molecular complexity index is 830. The molecule has 3 aromatic rings. The molecule has 1 atom stereocenters. The first-order valence-corrected chi connectivity index (χ1v) is 8.89. The van der Waals surface area contributed by atoms with E-state index < -0.39 is 0 Å². The van der Waals surface area contributed by atoms with Crippen LogP contribution in [0.4, 0.5) is 10.5 Å². The van der Waals surface area contributed by atoms with Gasteiger partial charge in [-0.15, -0.1) is 0 Å². The van der Waals surface area contributed by atoms with Crippen molar-refractivity contribution < 1.29 is 4.79 Å². The van der Waals surface area contributed by atoms with E-state index in [4.69, 9.17) is 0 Å². The first kappa shape index (κ1) is 17.2. The lowest BCUT2D eigenvalue weighted by Crippen LogP contribution is -2.31. The average molecular weight is 395 g/mol.